The number of rotatable bonds is 16. The van der Waals surface area contributed by atoms with Gasteiger partial charge in [-0.1, -0.05) is 0 Å². The van der Waals surface area contributed by atoms with Crippen molar-refractivity contribution in [2.75, 3.05) is 72.8 Å². The molecule has 0 bridgehead atoms. The lowest BCUT2D eigenvalue weighted by atomic mass is 9.91. The summed E-state index contributed by atoms with van der Waals surface area (Å²) in [5.41, 5.74) is 0. The number of thioether (sulfide) groups is 2. The van der Waals surface area contributed by atoms with Gasteiger partial charge in [0.1, 0.15) is 13.6 Å². The van der Waals surface area contributed by atoms with E-state index in [0.29, 0.717) is 36.9 Å². The maximum absolute atomic E-state index is 11.7. The molecule has 0 N–H and O–H groups in total. The van der Waals surface area contributed by atoms with E-state index in [-0.39, 0.29) is 31.7 Å². The Hall–Kier alpha value is -0.330. The summed E-state index contributed by atoms with van der Waals surface area (Å²) >= 11 is 4.05. The van der Waals surface area contributed by atoms with Gasteiger partial charge in [-0.2, -0.15) is 0 Å². The van der Waals surface area contributed by atoms with E-state index >= 15 is 0 Å². The second-order valence-electron chi connectivity index (χ2n) is 7.60. The van der Waals surface area contributed by atoms with Crippen LogP contribution in [0.2, 0.25) is 0 Å². The van der Waals surface area contributed by atoms with Crippen LogP contribution >= 0.6 is 23.5 Å². The first kappa shape index (κ1) is 27.9. The van der Waals surface area contributed by atoms with Gasteiger partial charge >= 0.3 is 5.97 Å². The molecule has 0 amide bonds. The molecular formula is C22H38O8S2. The van der Waals surface area contributed by atoms with Gasteiger partial charge in [0.15, 0.2) is 0 Å². The number of ether oxygens (including phenoxy) is 7. The average molecular weight is 495 g/mol. The van der Waals surface area contributed by atoms with Gasteiger partial charge in [-0.15, -0.1) is 23.5 Å². The molecule has 0 unspecified atom stereocenters. The van der Waals surface area contributed by atoms with Crippen LogP contribution in [-0.2, 0) is 38.0 Å². The summed E-state index contributed by atoms with van der Waals surface area (Å²) in [5, 5.41) is 0. The maximum Gasteiger partial charge on any atom is 0.330 e. The van der Waals surface area contributed by atoms with E-state index in [1.165, 1.54) is 31.1 Å². The molecule has 0 aromatic heterocycles. The Morgan fingerprint density at radius 3 is 2.31 bits per heavy atom. The number of hydrogen-bond donors (Lipinski definition) is 0. The third kappa shape index (κ3) is 10.3. The highest BCUT2D eigenvalue weighted by atomic mass is 32.2. The van der Waals surface area contributed by atoms with Gasteiger partial charge in [0.2, 0.25) is 0 Å². The van der Waals surface area contributed by atoms with Gasteiger partial charge in [0.05, 0.1) is 50.3 Å². The van der Waals surface area contributed by atoms with E-state index < -0.39 is 5.97 Å². The maximum atomic E-state index is 11.7. The summed E-state index contributed by atoms with van der Waals surface area (Å²) in [5.74, 6) is 2.57. The first-order chi connectivity index (χ1) is 15.7. The van der Waals surface area contributed by atoms with Crippen LogP contribution in [0.4, 0.5) is 0 Å². The molecule has 2 aliphatic rings. The van der Waals surface area contributed by atoms with Crippen molar-refractivity contribution in [2.45, 2.75) is 36.1 Å². The first-order valence-corrected chi connectivity index (χ1v) is 13.1. The second kappa shape index (κ2) is 17.2. The topological polar surface area (TPSA) is 81.7 Å². The van der Waals surface area contributed by atoms with E-state index in [1.54, 1.807) is 20.3 Å². The lowest BCUT2D eigenvalue weighted by Gasteiger charge is -2.33. The molecule has 1 saturated heterocycles. The fourth-order valence-corrected chi connectivity index (χ4v) is 7.22. The van der Waals surface area contributed by atoms with Gasteiger partial charge in [-0.3, -0.25) is 0 Å². The zero-order valence-electron chi connectivity index (χ0n) is 19.4. The molecule has 0 aromatic rings. The smallest absolute Gasteiger partial charge is 0.330 e. The molecule has 8 nitrogen and oxygen atoms in total. The van der Waals surface area contributed by atoms with Crippen LogP contribution < -0.4 is 0 Å². The van der Waals surface area contributed by atoms with Gasteiger partial charge in [0.25, 0.3) is 0 Å². The van der Waals surface area contributed by atoms with Gasteiger partial charge < -0.3 is 33.2 Å². The lowest BCUT2D eigenvalue weighted by molar-refractivity contribution is -0.135. The summed E-state index contributed by atoms with van der Waals surface area (Å²) < 4.78 is 38.5. The molecule has 32 heavy (non-hydrogen) atoms. The fraction of sp³-hybridized carbons (Fsp3) is 0.864. The molecule has 1 saturated carbocycles. The van der Waals surface area contributed by atoms with E-state index in [4.69, 9.17) is 33.2 Å². The van der Waals surface area contributed by atoms with Crippen molar-refractivity contribution in [1.29, 1.82) is 0 Å². The minimum absolute atomic E-state index is 0.0858. The Morgan fingerprint density at radius 2 is 1.66 bits per heavy atom. The molecule has 0 spiro atoms. The Morgan fingerprint density at radius 1 is 0.969 bits per heavy atom. The Labute approximate surface area is 200 Å². The van der Waals surface area contributed by atoms with Crippen molar-refractivity contribution in [1.82, 2.24) is 0 Å². The standard InChI is InChI=1S/C22H38O8S2/c1-24-7-9-27-15-29-17-13-18(19(14-17)22-31-11-4-12-32-22)20(5-6-21(23)26-3)30-16-28-10-8-25-2/h5-6,17-20,22H,4,7-16H2,1-3H3/b6-5+/t17-,18-,19-,20-/m1/s1. The molecule has 10 heteroatoms. The zero-order chi connectivity index (χ0) is 23.0. The first-order valence-electron chi connectivity index (χ1n) is 11.1. The summed E-state index contributed by atoms with van der Waals surface area (Å²) in [7, 11) is 4.66. The second-order valence-corrected chi connectivity index (χ2v) is 10.4. The number of hydrogen-bond acceptors (Lipinski definition) is 10. The summed E-state index contributed by atoms with van der Waals surface area (Å²) in [4.78, 5) is 11.7. The van der Waals surface area contributed by atoms with Gasteiger partial charge in [-0.25, -0.2) is 4.79 Å². The largest absolute Gasteiger partial charge is 0.466 e. The molecule has 2 rings (SSSR count). The van der Waals surface area contributed by atoms with E-state index in [9.17, 15) is 4.79 Å². The SMILES string of the molecule is COCCOCO[C@@H]1C[C@@H]([C@@H](/C=C/C(=O)OC)OCOCCOC)[C@H](C2SCCCS2)C1. The van der Waals surface area contributed by atoms with Gasteiger partial charge in [-0.05, 0) is 48.7 Å². The molecule has 0 aromatic carbocycles. The third-order valence-corrected chi connectivity index (χ3v) is 8.68. The predicted octanol–water partition coefficient (Wildman–Crippen LogP) is 2.95. The minimum Gasteiger partial charge on any atom is -0.466 e. The van der Waals surface area contributed by atoms with E-state index in [2.05, 4.69) is 0 Å². The van der Waals surface area contributed by atoms with Crippen LogP contribution in [0.1, 0.15) is 19.3 Å². The number of carbonyl (C=O) groups excluding carboxylic acids is 1. The molecule has 2 fully saturated rings. The lowest BCUT2D eigenvalue weighted by Crippen LogP contribution is -2.32. The Kier molecular flexibility index (Phi) is 15.0. The summed E-state index contributed by atoms with van der Waals surface area (Å²) in [6.07, 6.45) is 6.09. The van der Waals surface area contributed by atoms with Crippen molar-refractivity contribution in [2.24, 2.45) is 11.8 Å². The van der Waals surface area contributed by atoms with E-state index in [0.717, 1.165) is 12.8 Å². The molecule has 4 atom stereocenters. The third-order valence-electron chi connectivity index (χ3n) is 5.46. The van der Waals surface area contributed by atoms with Crippen LogP contribution in [0.3, 0.4) is 0 Å². The molecule has 1 heterocycles. The highest BCUT2D eigenvalue weighted by Crippen LogP contribution is 2.48. The van der Waals surface area contributed by atoms with Crippen LogP contribution in [0.5, 0.6) is 0 Å². The molecule has 1 aliphatic carbocycles. The molecule has 1 aliphatic heterocycles. The zero-order valence-corrected chi connectivity index (χ0v) is 21.0. The Balaban J connectivity index is 2.03. The fourth-order valence-electron chi connectivity index (χ4n) is 3.87. The van der Waals surface area contributed by atoms with Crippen LogP contribution in [0.15, 0.2) is 12.2 Å². The normalized spacial score (nSPS) is 25.4. The highest BCUT2D eigenvalue weighted by Gasteiger charge is 2.44. The minimum atomic E-state index is -0.394. The van der Waals surface area contributed by atoms with Gasteiger partial charge in [0, 0.05) is 20.3 Å². The van der Waals surface area contributed by atoms with Crippen molar-refractivity contribution in [3.8, 4) is 0 Å². The number of methoxy groups -OCH3 is 3. The quantitative estimate of drug-likeness (QED) is 0.138. The van der Waals surface area contributed by atoms with Crippen molar-refractivity contribution in [3.05, 3.63) is 12.2 Å². The summed E-state index contributed by atoms with van der Waals surface area (Å²) in [6, 6.07) is 0. The van der Waals surface area contributed by atoms with Crippen molar-refractivity contribution in [3.63, 3.8) is 0 Å². The molecular weight excluding hydrogens is 456 g/mol. The van der Waals surface area contributed by atoms with Crippen molar-refractivity contribution >= 4 is 29.5 Å². The average Bonchev–Trinajstić information content (AvgIpc) is 3.25. The predicted molar refractivity (Wildman–Crippen MR) is 126 cm³/mol. The highest BCUT2D eigenvalue weighted by molar-refractivity contribution is 8.17. The monoisotopic (exact) mass is 494 g/mol. The van der Waals surface area contributed by atoms with Crippen molar-refractivity contribution < 1.29 is 38.0 Å². The Bertz CT molecular complexity index is 530. The summed E-state index contributed by atoms with van der Waals surface area (Å²) in [6.45, 7) is 2.41. The molecule has 0 radical (unpaired) electrons. The number of carbonyl (C=O) groups is 1. The van der Waals surface area contributed by atoms with Crippen LogP contribution in [-0.4, -0.2) is 95.6 Å². The van der Waals surface area contributed by atoms with Crippen LogP contribution in [0.25, 0.3) is 0 Å². The van der Waals surface area contributed by atoms with Crippen LogP contribution in [0, 0.1) is 11.8 Å². The van der Waals surface area contributed by atoms with E-state index in [1.807, 2.05) is 23.5 Å². The number of esters is 1. The molecule has 186 valence electrons.